The van der Waals surface area contributed by atoms with E-state index in [0.717, 1.165) is 24.4 Å². The lowest BCUT2D eigenvalue weighted by Gasteiger charge is -1.99. The summed E-state index contributed by atoms with van der Waals surface area (Å²) in [6.07, 6.45) is 4.04. The lowest BCUT2D eigenvalue weighted by molar-refractivity contribution is 0.0943. The molecule has 2 heterocycles. The first-order valence-electron chi connectivity index (χ1n) is 6.01. The molecule has 1 amide bonds. The predicted molar refractivity (Wildman–Crippen MR) is 65.1 cm³/mol. The van der Waals surface area contributed by atoms with Crippen LogP contribution in [0.2, 0.25) is 0 Å². The lowest BCUT2D eigenvalue weighted by Crippen LogP contribution is -2.26. The molecule has 0 unspecified atom stereocenters. The van der Waals surface area contributed by atoms with E-state index in [-0.39, 0.29) is 11.7 Å². The predicted octanol–water partition coefficient (Wildman–Crippen LogP) is 1.32. The SMILES string of the molecule is CCCc1nc(C(=O)NCCc2ccco2)n[nH]1. The van der Waals surface area contributed by atoms with Crippen molar-refractivity contribution < 1.29 is 9.21 Å². The molecule has 6 nitrogen and oxygen atoms in total. The van der Waals surface area contributed by atoms with Crippen molar-refractivity contribution in [3.05, 3.63) is 35.8 Å². The van der Waals surface area contributed by atoms with Gasteiger partial charge >= 0.3 is 0 Å². The molecular weight excluding hydrogens is 232 g/mol. The van der Waals surface area contributed by atoms with Crippen molar-refractivity contribution in [2.75, 3.05) is 6.54 Å². The Hall–Kier alpha value is -2.11. The first-order chi connectivity index (χ1) is 8.79. The summed E-state index contributed by atoms with van der Waals surface area (Å²) in [7, 11) is 0. The number of hydrogen-bond acceptors (Lipinski definition) is 4. The second-order valence-corrected chi connectivity index (χ2v) is 3.94. The number of hydrogen-bond donors (Lipinski definition) is 2. The van der Waals surface area contributed by atoms with Crippen LogP contribution in [-0.2, 0) is 12.8 Å². The van der Waals surface area contributed by atoms with Crippen LogP contribution in [0.15, 0.2) is 22.8 Å². The highest BCUT2D eigenvalue weighted by molar-refractivity contribution is 5.90. The van der Waals surface area contributed by atoms with Gasteiger partial charge in [0.05, 0.1) is 6.26 Å². The van der Waals surface area contributed by atoms with Crippen molar-refractivity contribution in [2.24, 2.45) is 0 Å². The number of amides is 1. The van der Waals surface area contributed by atoms with Crippen molar-refractivity contribution in [3.8, 4) is 0 Å². The highest BCUT2D eigenvalue weighted by Gasteiger charge is 2.11. The fourth-order valence-corrected chi connectivity index (χ4v) is 1.58. The van der Waals surface area contributed by atoms with Crippen LogP contribution < -0.4 is 5.32 Å². The van der Waals surface area contributed by atoms with Crippen LogP contribution in [0.25, 0.3) is 0 Å². The number of furan rings is 1. The highest BCUT2D eigenvalue weighted by Crippen LogP contribution is 2.00. The molecule has 0 spiro atoms. The second kappa shape index (κ2) is 6.00. The van der Waals surface area contributed by atoms with Crippen LogP contribution in [0.3, 0.4) is 0 Å². The fourth-order valence-electron chi connectivity index (χ4n) is 1.58. The van der Waals surface area contributed by atoms with E-state index in [4.69, 9.17) is 4.42 Å². The van der Waals surface area contributed by atoms with Crippen LogP contribution in [0.1, 0.15) is 35.5 Å². The molecule has 0 aliphatic rings. The van der Waals surface area contributed by atoms with Crippen molar-refractivity contribution in [1.82, 2.24) is 20.5 Å². The number of rotatable bonds is 6. The van der Waals surface area contributed by atoms with Crippen molar-refractivity contribution >= 4 is 5.91 Å². The first kappa shape index (κ1) is 12.3. The maximum Gasteiger partial charge on any atom is 0.290 e. The molecule has 0 aliphatic heterocycles. The molecule has 0 saturated carbocycles. The standard InChI is InChI=1S/C12H16N4O2/c1-2-4-10-14-11(16-15-10)12(17)13-7-6-9-5-3-8-18-9/h3,5,8H,2,4,6-7H2,1H3,(H,13,17)(H,14,15,16). The average molecular weight is 248 g/mol. The van der Waals surface area contributed by atoms with E-state index in [0.29, 0.717) is 13.0 Å². The number of aromatic amines is 1. The van der Waals surface area contributed by atoms with Crippen molar-refractivity contribution in [1.29, 1.82) is 0 Å². The Morgan fingerprint density at radius 2 is 2.39 bits per heavy atom. The summed E-state index contributed by atoms with van der Waals surface area (Å²) in [6, 6.07) is 3.70. The van der Waals surface area contributed by atoms with Crippen LogP contribution >= 0.6 is 0 Å². The Bertz CT molecular complexity index is 490. The number of nitrogens with one attached hydrogen (secondary N) is 2. The molecule has 0 bridgehead atoms. The van der Waals surface area contributed by atoms with Gasteiger partial charge in [0, 0.05) is 19.4 Å². The van der Waals surface area contributed by atoms with Gasteiger partial charge in [-0.25, -0.2) is 4.98 Å². The molecule has 0 aromatic carbocycles. The minimum atomic E-state index is -0.264. The third-order valence-corrected chi connectivity index (χ3v) is 2.46. The molecule has 0 atom stereocenters. The smallest absolute Gasteiger partial charge is 0.290 e. The van der Waals surface area contributed by atoms with Crippen molar-refractivity contribution in [2.45, 2.75) is 26.2 Å². The van der Waals surface area contributed by atoms with E-state index < -0.39 is 0 Å². The Labute approximate surface area is 105 Å². The highest BCUT2D eigenvalue weighted by atomic mass is 16.3. The van der Waals surface area contributed by atoms with E-state index in [1.165, 1.54) is 0 Å². The second-order valence-electron chi connectivity index (χ2n) is 3.94. The molecule has 96 valence electrons. The van der Waals surface area contributed by atoms with Crippen LogP contribution in [-0.4, -0.2) is 27.6 Å². The Morgan fingerprint density at radius 3 is 3.11 bits per heavy atom. The minimum Gasteiger partial charge on any atom is -0.469 e. The molecule has 2 aromatic rings. The zero-order chi connectivity index (χ0) is 12.8. The van der Waals surface area contributed by atoms with Crippen LogP contribution in [0.5, 0.6) is 0 Å². The number of aromatic nitrogens is 3. The van der Waals surface area contributed by atoms with E-state index in [9.17, 15) is 4.79 Å². The topological polar surface area (TPSA) is 83.8 Å². The van der Waals surface area contributed by atoms with E-state index in [1.54, 1.807) is 6.26 Å². The molecular formula is C12H16N4O2. The van der Waals surface area contributed by atoms with Crippen LogP contribution in [0.4, 0.5) is 0 Å². The summed E-state index contributed by atoms with van der Waals surface area (Å²) in [5, 5.41) is 9.38. The molecule has 2 aromatic heterocycles. The number of carbonyl (C=O) groups excluding carboxylic acids is 1. The third kappa shape index (κ3) is 3.19. The van der Waals surface area contributed by atoms with E-state index >= 15 is 0 Å². The maximum atomic E-state index is 11.7. The largest absolute Gasteiger partial charge is 0.469 e. The Morgan fingerprint density at radius 1 is 1.50 bits per heavy atom. The average Bonchev–Trinajstić information content (AvgIpc) is 3.00. The van der Waals surface area contributed by atoms with Crippen LogP contribution in [0, 0.1) is 0 Å². The van der Waals surface area contributed by atoms with E-state index in [1.807, 2.05) is 19.1 Å². The van der Waals surface area contributed by atoms with E-state index in [2.05, 4.69) is 20.5 Å². The zero-order valence-corrected chi connectivity index (χ0v) is 10.3. The van der Waals surface area contributed by atoms with Gasteiger partial charge in [0.1, 0.15) is 11.6 Å². The van der Waals surface area contributed by atoms with Gasteiger partial charge < -0.3 is 9.73 Å². The van der Waals surface area contributed by atoms with Gasteiger partial charge in [-0.3, -0.25) is 9.89 Å². The normalized spacial score (nSPS) is 10.5. The summed E-state index contributed by atoms with van der Waals surface area (Å²) in [6.45, 7) is 2.55. The summed E-state index contributed by atoms with van der Waals surface area (Å²) in [5.74, 6) is 1.52. The number of nitrogens with zero attached hydrogens (tertiary/aromatic N) is 2. The molecule has 0 fully saturated rings. The molecule has 0 aliphatic carbocycles. The minimum absolute atomic E-state index is 0.192. The molecule has 0 radical (unpaired) electrons. The quantitative estimate of drug-likeness (QED) is 0.807. The van der Waals surface area contributed by atoms with Gasteiger partial charge in [-0.1, -0.05) is 6.92 Å². The van der Waals surface area contributed by atoms with Gasteiger partial charge in [0.15, 0.2) is 0 Å². The van der Waals surface area contributed by atoms with Gasteiger partial charge in [0.2, 0.25) is 5.82 Å². The summed E-state index contributed by atoms with van der Waals surface area (Å²) in [5.41, 5.74) is 0. The van der Waals surface area contributed by atoms with Gasteiger partial charge in [0.25, 0.3) is 5.91 Å². The molecule has 18 heavy (non-hydrogen) atoms. The van der Waals surface area contributed by atoms with Gasteiger partial charge in [-0.2, -0.15) is 0 Å². The monoisotopic (exact) mass is 248 g/mol. The number of H-pyrrole nitrogens is 1. The summed E-state index contributed by atoms with van der Waals surface area (Å²) >= 11 is 0. The summed E-state index contributed by atoms with van der Waals surface area (Å²) in [4.78, 5) is 15.8. The summed E-state index contributed by atoms with van der Waals surface area (Å²) < 4.78 is 5.17. The molecule has 6 heteroatoms. The number of carbonyl (C=O) groups is 1. The molecule has 2 N–H and O–H groups in total. The number of aryl methyl sites for hydroxylation is 1. The zero-order valence-electron chi connectivity index (χ0n) is 10.3. The first-order valence-corrected chi connectivity index (χ1v) is 6.01. The maximum absolute atomic E-state index is 11.7. The van der Waals surface area contributed by atoms with Crippen molar-refractivity contribution in [3.63, 3.8) is 0 Å². The Kier molecular flexibility index (Phi) is 4.11. The molecule has 2 rings (SSSR count). The Balaban J connectivity index is 1.80. The molecule has 0 saturated heterocycles. The fraction of sp³-hybridized carbons (Fsp3) is 0.417. The van der Waals surface area contributed by atoms with Gasteiger partial charge in [-0.15, -0.1) is 5.10 Å². The third-order valence-electron chi connectivity index (χ3n) is 2.46. The van der Waals surface area contributed by atoms with Gasteiger partial charge in [-0.05, 0) is 18.6 Å². The lowest BCUT2D eigenvalue weighted by atomic mass is 10.3.